The van der Waals surface area contributed by atoms with Gasteiger partial charge in [-0.2, -0.15) is 10.2 Å². The van der Waals surface area contributed by atoms with E-state index in [4.69, 9.17) is 0 Å². The molecule has 8 rings (SSSR count). The van der Waals surface area contributed by atoms with Crippen molar-refractivity contribution in [2.24, 2.45) is 0 Å². The smallest absolute Gasteiger partial charge is 0.337 e. The zero-order chi connectivity index (χ0) is 60.1. The number of carbonyl (C=O) groups excluding carboxylic acids is 2. The van der Waals surface area contributed by atoms with Crippen molar-refractivity contribution in [3.63, 3.8) is 0 Å². The Kier molecular flexibility index (Phi) is 31.2. The lowest BCUT2D eigenvalue weighted by Gasteiger charge is -2.12. The largest absolute Gasteiger partial charge is 0.465 e. The van der Waals surface area contributed by atoms with Crippen molar-refractivity contribution in [3.05, 3.63) is 195 Å². The van der Waals surface area contributed by atoms with Crippen molar-refractivity contribution in [2.75, 3.05) is 21.2 Å². The maximum atomic E-state index is 11.6. The Hall–Kier alpha value is -7.15. The molecule has 13 heteroatoms. The van der Waals surface area contributed by atoms with Gasteiger partial charge in [-0.3, -0.25) is 29.7 Å². The van der Waals surface area contributed by atoms with E-state index in [2.05, 4.69) is 184 Å². The molecule has 0 radical (unpaired) electrons. The number of hydrogen-bond donors (Lipinski definition) is 0. The Balaban J connectivity index is 0.000000320. The van der Waals surface area contributed by atoms with Crippen molar-refractivity contribution >= 4 is 11.9 Å². The average Bonchev–Trinajstić information content (AvgIpc) is 4.30. The minimum atomic E-state index is -0.275. The van der Waals surface area contributed by atoms with E-state index >= 15 is 0 Å². The third-order valence-corrected chi connectivity index (χ3v) is 12.6. The van der Waals surface area contributed by atoms with Crippen LogP contribution in [0, 0.1) is 20.8 Å². The number of aromatic nitrogens is 9. The Morgan fingerprint density at radius 1 is 0.512 bits per heavy atom. The van der Waals surface area contributed by atoms with Gasteiger partial charge in [-0.25, -0.2) is 14.8 Å². The van der Waals surface area contributed by atoms with Gasteiger partial charge in [0.05, 0.1) is 46.8 Å². The predicted molar refractivity (Wildman–Crippen MR) is 329 cm³/mol. The van der Waals surface area contributed by atoms with Crippen molar-refractivity contribution in [3.8, 4) is 0 Å². The van der Waals surface area contributed by atoms with Crippen LogP contribution in [0.15, 0.2) is 116 Å². The predicted octanol–water partition coefficient (Wildman–Crippen LogP) is 16.1. The first-order valence-corrected chi connectivity index (χ1v) is 28.4. The SMILES string of the molecule is CC(C)c1ccc(C2CC2)nn1.CC(C)c1cccc(C(=O)N(C)C)c1.CCc1ccc(C(C)C)cn1.COC(=O)c1cccc(C(C)C)c1.Cc1cnc(C(C)C)cn1.Cc1cncc(C(C)C)n1.Cc1ncc(C(C)C)cn1. The molecule has 1 amide bonds. The molecule has 0 unspecified atom stereocenters. The first-order chi connectivity index (χ1) is 37.8. The van der Waals surface area contributed by atoms with Gasteiger partial charge in [-0.05, 0) is 146 Å². The van der Waals surface area contributed by atoms with Crippen LogP contribution in [-0.4, -0.2) is 83.1 Å². The van der Waals surface area contributed by atoms with Crippen LogP contribution >= 0.6 is 0 Å². The number of ether oxygens (including phenoxy) is 1. The van der Waals surface area contributed by atoms with Crippen LogP contribution < -0.4 is 0 Å². The molecule has 432 valence electrons. The molecule has 0 spiro atoms. The molecule has 2 aromatic carbocycles. The van der Waals surface area contributed by atoms with Gasteiger partial charge in [0.1, 0.15) is 5.82 Å². The molecule has 1 fully saturated rings. The summed E-state index contributed by atoms with van der Waals surface area (Å²) in [5.41, 5.74) is 13.8. The molecule has 0 N–H and O–H groups in total. The molecule has 1 aliphatic carbocycles. The summed E-state index contributed by atoms with van der Waals surface area (Å²) in [5, 5.41) is 8.40. The number of esters is 1. The van der Waals surface area contributed by atoms with Crippen LogP contribution in [-0.2, 0) is 11.2 Å². The number of rotatable bonds is 11. The maximum Gasteiger partial charge on any atom is 0.337 e. The normalized spacial score (nSPS) is 11.3. The molecule has 7 aromatic rings. The fourth-order valence-corrected chi connectivity index (χ4v) is 6.84. The lowest BCUT2D eigenvalue weighted by atomic mass is 10.0. The van der Waals surface area contributed by atoms with E-state index in [1.165, 1.54) is 48.0 Å². The van der Waals surface area contributed by atoms with Gasteiger partial charge in [-0.1, -0.05) is 134 Å². The van der Waals surface area contributed by atoms with Crippen molar-refractivity contribution in [2.45, 2.75) is 191 Å². The second-order valence-electron chi connectivity index (χ2n) is 22.4. The standard InChI is InChI=1S/C12H17NO.C11H14O2.C10H14N2.C10H15N.3C8H12N2/c1-9(2)10-6-5-7-11(8-10)12(14)13(3)4;1-8(2)9-5-4-6-10(7-9)11(12)13-3;1-7(2)9-5-6-10(12-11-9)8-3-4-8;1-4-10-6-5-9(7-11-10)8(2)3;1-6(2)8-4-9-7(3)10-5-8;1-6(2)8-5-9-7(3)4-10-8;1-6(2)8-5-9-4-7(3)10-8/h5-9H,1-4H3;4-8H,1-3H3;5-8H,3-4H2,1-2H3;5-8H,4H2,1-3H3;3*4-6H,1-3H3. The summed E-state index contributed by atoms with van der Waals surface area (Å²) in [6.07, 6.45) is 16.6. The van der Waals surface area contributed by atoms with E-state index in [-0.39, 0.29) is 11.9 Å². The Morgan fingerprint density at radius 2 is 1.05 bits per heavy atom. The van der Waals surface area contributed by atoms with Crippen molar-refractivity contribution < 1.29 is 14.3 Å². The zero-order valence-corrected chi connectivity index (χ0v) is 52.4. The van der Waals surface area contributed by atoms with E-state index < -0.39 is 0 Å². The Morgan fingerprint density at radius 3 is 1.45 bits per heavy atom. The van der Waals surface area contributed by atoms with Gasteiger partial charge in [0.25, 0.3) is 5.91 Å². The summed E-state index contributed by atoms with van der Waals surface area (Å²) < 4.78 is 4.63. The van der Waals surface area contributed by atoms with E-state index in [0.717, 1.165) is 57.8 Å². The first-order valence-electron chi connectivity index (χ1n) is 28.4. The number of carbonyl (C=O) groups is 2. The monoisotopic (exact) mass is 1090 g/mol. The highest BCUT2D eigenvalue weighted by Gasteiger charge is 2.25. The van der Waals surface area contributed by atoms with E-state index in [9.17, 15) is 9.59 Å². The summed E-state index contributed by atoms with van der Waals surface area (Å²) in [6, 6.07) is 23.8. The van der Waals surface area contributed by atoms with Gasteiger partial charge >= 0.3 is 5.97 Å². The molecule has 5 heterocycles. The summed E-state index contributed by atoms with van der Waals surface area (Å²) in [5.74, 6) is 4.81. The summed E-state index contributed by atoms with van der Waals surface area (Å²) in [4.78, 5) is 53.6. The lowest BCUT2D eigenvalue weighted by molar-refractivity contribution is 0.0600. The van der Waals surface area contributed by atoms with Gasteiger partial charge in [0.2, 0.25) is 0 Å². The van der Waals surface area contributed by atoms with Crippen molar-refractivity contribution in [1.29, 1.82) is 0 Å². The number of aryl methyl sites for hydroxylation is 4. The van der Waals surface area contributed by atoms with Crippen LogP contribution in [0.4, 0.5) is 0 Å². The quantitative estimate of drug-likeness (QED) is 0.113. The van der Waals surface area contributed by atoms with Gasteiger partial charge in [0.15, 0.2) is 0 Å². The average molecular weight is 1090 g/mol. The van der Waals surface area contributed by atoms with Gasteiger partial charge in [0, 0.05) is 74.6 Å². The summed E-state index contributed by atoms with van der Waals surface area (Å²) >= 11 is 0. The van der Waals surface area contributed by atoms with Crippen LogP contribution in [0.2, 0.25) is 0 Å². The Labute approximate surface area is 481 Å². The van der Waals surface area contributed by atoms with Gasteiger partial charge < -0.3 is 9.64 Å². The molecular formula is C67H96N10O3. The third kappa shape index (κ3) is 26.7. The molecule has 0 aliphatic heterocycles. The topological polar surface area (TPSA) is 163 Å². The molecule has 13 nitrogen and oxygen atoms in total. The number of benzene rings is 2. The molecule has 0 bridgehead atoms. The number of methoxy groups -OCH3 is 1. The molecule has 5 aromatic heterocycles. The van der Waals surface area contributed by atoms with Crippen LogP contribution in [0.3, 0.4) is 0 Å². The van der Waals surface area contributed by atoms with Crippen LogP contribution in [0.25, 0.3) is 0 Å². The van der Waals surface area contributed by atoms with Crippen molar-refractivity contribution in [1.82, 2.24) is 50.0 Å². The number of pyridine rings is 1. The summed E-state index contributed by atoms with van der Waals surface area (Å²) in [6.45, 7) is 37.7. The fourth-order valence-electron chi connectivity index (χ4n) is 6.84. The number of hydrogen-bond acceptors (Lipinski definition) is 12. The third-order valence-electron chi connectivity index (χ3n) is 12.6. The number of amides is 1. The van der Waals surface area contributed by atoms with Crippen LogP contribution in [0.1, 0.15) is 253 Å². The highest BCUT2D eigenvalue weighted by molar-refractivity contribution is 5.94. The Bertz CT molecular complexity index is 2750. The second-order valence-corrected chi connectivity index (χ2v) is 22.4. The summed E-state index contributed by atoms with van der Waals surface area (Å²) in [7, 11) is 4.93. The van der Waals surface area contributed by atoms with E-state index in [0.29, 0.717) is 47.0 Å². The minimum Gasteiger partial charge on any atom is -0.465 e. The highest BCUT2D eigenvalue weighted by Crippen LogP contribution is 2.38. The lowest BCUT2D eigenvalue weighted by Crippen LogP contribution is -2.21. The fraction of sp³-hybridized carbons (Fsp3) is 0.478. The van der Waals surface area contributed by atoms with E-state index in [1.54, 1.807) is 37.5 Å². The molecule has 1 aliphatic rings. The molecule has 1 saturated carbocycles. The minimum absolute atomic E-state index is 0.0625. The van der Waals surface area contributed by atoms with Crippen LogP contribution in [0.5, 0.6) is 0 Å². The molecule has 0 saturated heterocycles. The zero-order valence-electron chi connectivity index (χ0n) is 52.4. The molecular weight excluding hydrogens is 993 g/mol. The first kappa shape index (κ1) is 69.0. The van der Waals surface area contributed by atoms with Gasteiger partial charge in [-0.15, -0.1) is 0 Å². The van der Waals surface area contributed by atoms with E-state index in [1.807, 2.05) is 88.2 Å². The highest BCUT2D eigenvalue weighted by atomic mass is 16.5. The maximum absolute atomic E-state index is 11.6. The molecule has 0 atom stereocenters. The second kappa shape index (κ2) is 36.2. The molecule has 80 heavy (non-hydrogen) atoms. The number of nitrogens with zero attached hydrogens (tertiary/aromatic N) is 10.